The van der Waals surface area contributed by atoms with E-state index >= 15 is 0 Å². The van der Waals surface area contributed by atoms with Gasteiger partial charge in [0.2, 0.25) is 0 Å². The number of benzene rings is 1. The monoisotopic (exact) mass is 418 g/mol. The average molecular weight is 419 g/mol. The van der Waals surface area contributed by atoms with Gasteiger partial charge in [0, 0.05) is 4.91 Å². The maximum Gasteiger partial charge on any atom is 0.331 e. The number of nitriles is 1. The second kappa shape index (κ2) is 10.5. The molecule has 2 rings (SSSR count). The molecule has 1 heterocycles. The Kier molecular flexibility index (Phi) is 8.34. The minimum absolute atomic E-state index is 0.422. The second-order valence-corrected chi connectivity index (χ2v) is 9.51. The molecular formula is C21H26N2O3S2. The van der Waals surface area contributed by atoms with E-state index in [1.165, 1.54) is 11.8 Å². The van der Waals surface area contributed by atoms with E-state index in [2.05, 4.69) is 11.2 Å². The number of hydrogen-bond acceptors (Lipinski definition) is 6. The van der Waals surface area contributed by atoms with Crippen molar-refractivity contribution >= 4 is 32.5 Å². The lowest BCUT2D eigenvalue weighted by molar-refractivity contribution is 0.328. The maximum absolute atomic E-state index is 12.5. The molecule has 1 aromatic carbocycles. The number of hydrogen-bond donors (Lipinski definition) is 0. The standard InChI is InChI=1S/C21H26N2O3S2/c1-4-6-11-17(9-5-2)28(24,25)26-23-21-14-13-20(27-21)19(15-22)18-12-8-7-10-16(18)3/h7-8,10,12-14,17H,4-6,9,11H2,1-3H3/b20-19-,23-21+. The Bertz CT molecular complexity index is 925. The van der Waals surface area contributed by atoms with Gasteiger partial charge in [-0.25, -0.2) is 0 Å². The van der Waals surface area contributed by atoms with Crippen molar-refractivity contribution in [1.82, 2.24) is 0 Å². The molecule has 5 nitrogen and oxygen atoms in total. The summed E-state index contributed by atoms with van der Waals surface area (Å²) >= 11 is 1.24. The molecule has 1 aliphatic rings. The first-order chi connectivity index (χ1) is 13.4. The first-order valence-electron chi connectivity index (χ1n) is 9.49. The van der Waals surface area contributed by atoms with E-state index in [-0.39, 0.29) is 0 Å². The molecule has 1 atom stereocenters. The van der Waals surface area contributed by atoms with Crippen LogP contribution in [0.15, 0.2) is 46.5 Å². The zero-order chi connectivity index (χ0) is 20.6. The fourth-order valence-electron chi connectivity index (χ4n) is 2.95. The summed E-state index contributed by atoms with van der Waals surface area (Å²) in [6.45, 7) is 5.94. The Labute approximate surface area is 172 Å². The molecule has 1 aliphatic heterocycles. The van der Waals surface area contributed by atoms with Gasteiger partial charge in [-0.05, 0) is 43.0 Å². The highest BCUT2D eigenvalue weighted by molar-refractivity contribution is 8.18. The molecule has 0 bridgehead atoms. The fourth-order valence-corrected chi connectivity index (χ4v) is 5.11. The SMILES string of the molecule is CCCCC(CCC)S(=O)(=O)O/N=C1C=C/C(=C(\C#N)c2ccccc2C)S\1. The number of unbranched alkanes of at least 4 members (excludes halogenated alkanes) is 1. The molecule has 0 saturated carbocycles. The van der Waals surface area contributed by atoms with Crippen LogP contribution in [0, 0.1) is 18.3 Å². The lowest BCUT2D eigenvalue weighted by Crippen LogP contribution is -2.22. The number of aryl methyl sites for hydroxylation is 1. The summed E-state index contributed by atoms with van der Waals surface area (Å²) in [5.74, 6) is 0. The molecule has 0 aromatic heterocycles. The highest BCUT2D eigenvalue weighted by atomic mass is 32.2. The Balaban J connectivity index is 2.17. The largest absolute Gasteiger partial charge is 0.331 e. The van der Waals surface area contributed by atoms with Gasteiger partial charge in [0.1, 0.15) is 11.1 Å². The lowest BCUT2D eigenvalue weighted by atomic mass is 10.0. The zero-order valence-corrected chi connectivity index (χ0v) is 18.1. The summed E-state index contributed by atoms with van der Waals surface area (Å²) in [7, 11) is -3.76. The third kappa shape index (κ3) is 5.73. The second-order valence-electron chi connectivity index (χ2n) is 6.65. The summed E-state index contributed by atoms with van der Waals surface area (Å²) in [5, 5.41) is 13.3. The summed E-state index contributed by atoms with van der Waals surface area (Å²) < 4.78 is 30.0. The summed E-state index contributed by atoms with van der Waals surface area (Å²) in [6, 6.07) is 9.90. The fraction of sp³-hybridized carbons (Fsp3) is 0.429. The van der Waals surface area contributed by atoms with Crippen LogP contribution in [0.2, 0.25) is 0 Å². The van der Waals surface area contributed by atoms with Crippen molar-refractivity contribution in [1.29, 1.82) is 5.26 Å². The maximum atomic E-state index is 12.5. The lowest BCUT2D eigenvalue weighted by Gasteiger charge is -2.14. The highest BCUT2D eigenvalue weighted by Crippen LogP contribution is 2.35. The van der Waals surface area contributed by atoms with E-state index < -0.39 is 15.4 Å². The number of allylic oxidation sites excluding steroid dienone is 2. The highest BCUT2D eigenvalue weighted by Gasteiger charge is 2.27. The van der Waals surface area contributed by atoms with Gasteiger partial charge in [0.05, 0.1) is 10.8 Å². The minimum atomic E-state index is -3.76. The minimum Gasteiger partial charge on any atom is -0.267 e. The van der Waals surface area contributed by atoms with Gasteiger partial charge in [-0.15, -0.1) is 0 Å². The van der Waals surface area contributed by atoms with Crippen LogP contribution in [0.5, 0.6) is 0 Å². The predicted octanol–water partition coefficient (Wildman–Crippen LogP) is 5.55. The van der Waals surface area contributed by atoms with E-state index in [0.29, 0.717) is 23.5 Å². The van der Waals surface area contributed by atoms with E-state index in [1.54, 1.807) is 12.2 Å². The Morgan fingerprint density at radius 1 is 1.21 bits per heavy atom. The number of nitrogens with zero attached hydrogens (tertiary/aromatic N) is 2. The van der Waals surface area contributed by atoms with Crippen LogP contribution in [-0.4, -0.2) is 18.7 Å². The summed E-state index contributed by atoms with van der Waals surface area (Å²) in [4.78, 5) is 0.729. The average Bonchev–Trinajstić information content (AvgIpc) is 3.14. The van der Waals surface area contributed by atoms with E-state index in [9.17, 15) is 13.7 Å². The molecule has 0 spiro atoms. The van der Waals surface area contributed by atoms with Gasteiger partial charge < -0.3 is 0 Å². The Morgan fingerprint density at radius 2 is 1.96 bits per heavy atom. The van der Waals surface area contributed by atoms with E-state index in [1.807, 2.05) is 45.0 Å². The number of oxime groups is 1. The number of rotatable bonds is 9. The van der Waals surface area contributed by atoms with Gasteiger partial charge in [-0.3, -0.25) is 4.28 Å². The molecule has 0 amide bonds. The molecule has 0 aliphatic carbocycles. The van der Waals surface area contributed by atoms with Crippen LogP contribution in [-0.2, 0) is 14.4 Å². The first-order valence-corrected chi connectivity index (χ1v) is 11.8. The van der Waals surface area contributed by atoms with Crippen molar-refractivity contribution < 1.29 is 12.7 Å². The smallest absolute Gasteiger partial charge is 0.267 e. The van der Waals surface area contributed by atoms with Gasteiger partial charge >= 0.3 is 10.1 Å². The van der Waals surface area contributed by atoms with Crippen LogP contribution in [0.4, 0.5) is 0 Å². The van der Waals surface area contributed by atoms with Crippen molar-refractivity contribution in [2.75, 3.05) is 0 Å². The van der Waals surface area contributed by atoms with Crippen LogP contribution in [0.1, 0.15) is 57.1 Å². The van der Waals surface area contributed by atoms with Gasteiger partial charge in [-0.1, -0.05) is 74.3 Å². The third-order valence-corrected chi connectivity index (χ3v) is 7.04. The van der Waals surface area contributed by atoms with Crippen molar-refractivity contribution in [2.24, 2.45) is 5.16 Å². The summed E-state index contributed by atoms with van der Waals surface area (Å²) in [6.07, 6.45) is 7.14. The number of thioether (sulfide) groups is 1. The molecule has 150 valence electrons. The van der Waals surface area contributed by atoms with Gasteiger partial charge in [-0.2, -0.15) is 13.7 Å². The molecule has 0 radical (unpaired) electrons. The summed E-state index contributed by atoms with van der Waals surface area (Å²) in [5.41, 5.74) is 2.40. The zero-order valence-electron chi connectivity index (χ0n) is 16.5. The topological polar surface area (TPSA) is 79.5 Å². The Hall–Kier alpha value is -2.04. The van der Waals surface area contributed by atoms with Crippen LogP contribution < -0.4 is 0 Å². The molecule has 28 heavy (non-hydrogen) atoms. The molecule has 0 fully saturated rings. The van der Waals surface area contributed by atoms with Crippen molar-refractivity contribution in [3.05, 3.63) is 52.4 Å². The van der Waals surface area contributed by atoms with E-state index in [4.69, 9.17) is 4.28 Å². The van der Waals surface area contributed by atoms with Crippen LogP contribution in [0.25, 0.3) is 5.57 Å². The van der Waals surface area contributed by atoms with E-state index in [0.717, 1.165) is 35.3 Å². The van der Waals surface area contributed by atoms with Crippen molar-refractivity contribution in [3.8, 4) is 6.07 Å². The molecular weight excluding hydrogens is 392 g/mol. The molecule has 7 heteroatoms. The van der Waals surface area contributed by atoms with Gasteiger partial charge in [0.15, 0.2) is 0 Å². The van der Waals surface area contributed by atoms with Crippen molar-refractivity contribution in [3.63, 3.8) is 0 Å². The normalized spacial score (nSPS) is 18.1. The van der Waals surface area contributed by atoms with Crippen LogP contribution in [0.3, 0.4) is 0 Å². The molecule has 0 saturated heterocycles. The third-order valence-electron chi connectivity index (χ3n) is 4.49. The van der Waals surface area contributed by atoms with Crippen LogP contribution >= 0.6 is 11.8 Å². The molecule has 0 N–H and O–H groups in total. The molecule has 1 aromatic rings. The Morgan fingerprint density at radius 3 is 2.61 bits per heavy atom. The first kappa shape index (κ1) is 22.3. The van der Waals surface area contributed by atoms with Gasteiger partial charge in [0.25, 0.3) is 0 Å². The molecule has 1 unspecified atom stereocenters. The van der Waals surface area contributed by atoms with Crippen molar-refractivity contribution in [2.45, 2.75) is 58.1 Å². The quantitative estimate of drug-likeness (QED) is 0.388. The predicted molar refractivity (Wildman–Crippen MR) is 116 cm³/mol.